The smallest absolute Gasteiger partial charge is 0.383 e. The number of alkyl halides is 3. The second-order valence-corrected chi connectivity index (χ2v) is 5.98. The largest absolute Gasteiger partial charge is 0.401 e. The Labute approximate surface area is 118 Å². The summed E-state index contributed by atoms with van der Waals surface area (Å²) in [5, 5.41) is 0.801. The van der Waals surface area contributed by atoms with E-state index in [0.717, 1.165) is 25.6 Å². The molecule has 0 saturated carbocycles. The number of nitrogen functional groups attached to an aromatic ring is 1. The third-order valence-corrected chi connectivity index (χ3v) is 4.06. The lowest BCUT2D eigenvalue weighted by Gasteiger charge is -2.17. The van der Waals surface area contributed by atoms with Gasteiger partial charge >= 0.3 is 6.18 Å². The molecule has 110 valence electrons. The highest BCUT2D eigenvalue weighted by Crippen LogP contribution is 2.32. The average molecular weight is 304 g/mol. The number of hydrogen-bond donors (Lipinski definition) is 1. The SMILES string of the molecule is Cc1sc2nc(CN(C)CC(F)(F)F)nc(N)c2c1C. The highest BCUT2D eigenvalue weighted by molar-refractivity contribution is 7.18. The first-order chi connectivity index (χ1) is 9.17. The van der Waals surface area contributed by atoms with Gasteiger partial charge in [0, 0.05) is 4.88 Å². The molecule has 0 unspecified atom stereocenters. The summed E-state index contributed by atoms with van der Waals surface area (Å²) < 4.78 is 36.9. The van der Waals surface area contributed by atoms with Gasteiger partial charge in [-0.25, -0.2) is 9.97 Å². The Hall–Kier alpha value is -1.41. The standard InChI is InChI=1S/C12H15F3N4S/c1-6-7(2)20-11-9(6)10(16)17-8(18-11)4-19(3)5-12(13,14)15/h4-5H2,1-3H3,(H2,16,17,18). The van der Waals surface area contributed by atoms with Crippen LogP contribution in [0.3, 0.4) is 0 Å². The minimum absolute atomic E-state index is 0.00957. The Morgan fingerprint density at radius 1 is 1.25 bits per heavy atom. The number of aromatic nitrogens is 2. The van der Waals surface area contributed by atoms with Gasteiger partial charge in [-0.1, -0.05) is 0 Å². The van der Waals surface area contributed by atoms with Crippen molar-refractivity contribution in [2.45, 2.75) is 26.6 Å². The molecule has 20 heavy (non-hydrogen) atoms. The van der Waals surface area contributed by atoms with E-state index in [-0.39, 0.29) is 6.54 Å². The Morgan fingerprint density at radius 2 is 1.90 bits per heavy atom. The van der Waals surface area contributed by atoms with Crippen molar-refractivity contribution in [3.8, 4) is 0 Å². The Kier molecular flexibility index (Phi) is 3.88. The van der Waals surface area contributed by atoms with Crippen molar-refractivity contribution < 1.29 is 13.2 Å². The summed E-state index contributed by atoms with van der Waals surface area (Å²) in [7, 11) is 1.38. The van der Waals surface area contributed by atoms with Crippen molar-refractivity contribution in [1.82, 2.24) is 14.9 Å². The van der Waals surface area contributed by atoms with Gasteiger partial charge < -0.3 is 5.73 Å². The first-order valence-electron chi connectivity index (χ1n) is 5.95. The lowest BCUT2D eigenvalue weighted by Crippen LogP contribution is -2.31. The maximum atomic E-state index is 12.3. The van der Waals surface area contributed by atoms with E-state index >= 15 is 0 Å². The second-order valence-electron chi connectivity index (χ2n) is 4.78. The lowest BCUT2D eigenvalue weighted by atomic mass is 10.2. The summed E-state index contributed by atoms with van der Waals surface area (Å²) in [4.78, 5) is 11.3. The second kappa shape index (κ2) is 5.17. The van der Waals surface area contributed by atoms with Crippen LogP contribution in [0.5, 0.6) is 0 Å². The number of nitrogens with zero attached hydrogens (tertiary/aromatic N) is 3. The number of thiophene rings is 1. The summed E-state index contributed by atoms with van der Waals surface area (Å²) in [6.45, 7) is 2.90. The van der Waals surface area contributed by atoms with Gasteiger partial charge in [0.05, 0.1) is 18.5 Å². The molecule has 0 aliphatic carbocycles. The Balaban J connectivity index is 2.28. The minimum atomic E-state index is -4.24. The number of halogens is 3. The molecule has 2 N–H and O–H groups in total. The van der Waals surface area contributed by atoms with Crippen LogP contribution in [0.25, 0.3) is 10.2 Å². The van der Waals surface area contributed by atoms with Gasteiger partial charge in [-0.05, 0) is 26.5 Å². The summed E-state index contributed by atoms with van der Waals surface area (Å²) in [6, 6.07) is 0. The molecule has 2 rings (SSSR count). The van der Waals surface area contributed by atoms with Gasteiger partial charge in [0.15, 0.2) is 0 Å². The molecule has 4 nitrogen and oxygen atoms in total. The Bertz CT molecular complexity index is 636. The maximum Gasteiger partial charge on any atom is 0.401 e. The van der Waals surface area contributed by atoms with Crippen molar-refractivity contribution >= 4 is 27.4 Å². The van der Waals surface area contributed by atoms with Crippen molar-refractivity contribution in [2.24, 2.45) is 0 Å². The fourth-order valence-corrected chi connectivity index (χ4v) is 3.06. The summed E-state index contributed by atoms with van der Waals surface area (Å²) in [6.07, 6.45) is -4.24. The molecule has 0 spiro atoms. The molecular weight excluding hydrogens is 289 g/mol. The van der Waals surface area contributed by atoms with Gasteiger partial charge in [0.25, 0.3) is 0 Å². The number of nitrogens with two attached hydrogens (primary N) is 1. The van der Waals surface area contributed by atoms with Crippen LogP contribution in [0.1, 0.15) is 16.3 Å². The van der Waals surface area contributed by atoms with Crippen LogP contribution < -0.4 is 5.73 Å². The maximum absolute atomic E-state index is 12.3. The average Bonchev–Trinajstić information content (AvgIpc) is 2.51. The molecule has 0 aromatic carbocycles. The molecule has 2 aromatic rings. The monoisotopic (exact) mass is 304 g/mol. The van der Waals surface area contributed by atoms with E-state index < -0.39 is 12.7 Å². The quantitative estimate of drug-likeness (QED) is 0.947. The van der Waals surface area contributed by atoms with Crippen molar-refractivity contribution in [2.75, 3.05) is 19.3 Å². The van der Waals surface area contributed by atoms with Gasteiger partial charge in [0.1, 0.15) is 16.5 Å². The Morgan fingerprint density at radius 3 is 2.50 bits per heavy atom. The summed E-state index contributed by atoms with van der Waals surface area (Å²) in [5.41, 5.74) is 6.91. The molecule has 0 fully saturated rings. The highest BCUT2D eigenvalue weighted by Gasteiger charge is 2.29. The lowest BCUT2D eigenvalue weighted by molar-refractivity contribution is -0.144. The minimum Gasteiger partial charge on any atom is -0.383 e. The molecule has 2 aromatic heterocycles. The van der Waals surface area contributed by atoms with E-state index in [0.29, 0.717) is 11.6 Å². The third-order valence-electron chi connectivity index (χ3n) is 2.96. The number of fused-ring (bicyclic) bond motifs is 1. The zero-order valence-corrected chi connectivity index (χ0v) is 12.2. The number of anilines is 1. The molecule has 0 saturated heterocycles. The first kappa shape index (κ1) is 15.0. The topological polar surface area (TPSA) is 55.0 Å². The van der Waals surface area contributed by atoms with Crippen LogP contribution in [0.4, 0.5) is 19.0 Å². The molecular formula is C12H15F3N4S. The predicted molar refractivity (Wildman–Crippen MR) is 73.7 cm³/mol. The molecule has 0 aliphatic heterocycles. The van der Waals surface area contributed by atoms with Crippen LogP contribution in [0, 0.1) is 13.8 Å². The fourth-order valence-electron chi connectivity index (χ4n) is 2.00. The van der Waals surface area contributed by atoms with E-state index in [2.05, 4.69) is 9.97 Å². The number of rotatable bonds is 3. The molecule has 0 bridgehead atoms. The van der Waals surface area contributed by atoms with E-state index in [1.165, 1.54) is 18.4 Å². The number of aryl methyl sites for hydroxylation is 2. The molecule has 0 aliphatic rings. The van der Waals surface area contributed by atoms with E-state index in [4.69, 9.17) is 5.73 Å². The van der Waals surface area contributed by atoms with Gasteiger partial charge in [-0.3, -0.25) is 4.90 Å². The summed E-state index contributed by atoms with van der Waals surface area (Å²) in [5.74, 6) is 0.634. The zero-order chi connectivity index (χ0) is 15.1. The number of hydrogen-bond acceptors (Lipinski definition) is 5. The third kappa shape index (κ3) is 3.18. The van der Waals surface area contributed by atoms with Crippen LogP contribution in [0.2, 0.25) is 0 Å². The predicted octanol–water partition coefficient (Wildman–Crippen LogP) is 2.88. The van der Waals surface area contributed by atoms with Crippen molar-refractivity contribution in [1.29, 1.82) is 0 Å². The van der Waals surface area contributed by atoms with Crippen molar-refractivity contribution in [3.63, 3.8) is 0 Å². The van der Waals surface area contributed by atoms with Crippen molar-refractivity contribution in [3.05, 3.63) is 16.3 Å². The molecule has 8 heteroatoms. The van der Waals surface area contributed by atoms with Crippen LogP contribution in [-0.4, -0.2) is 34.6 Å². The van der Waals surface area contributed by atoms with E-state index in [1.54, 1.807) is 0 Å². The van der Waals surface area contributed by atoms with Crippen LogP contribution in [-0.2, 0) is 6.54 Å². The molecule has 2 heterocycles. The molecule has 0 amide bonds. The van der Waals surface area contributed by atoms with E-state index in [9.17, 15) is 13.2 Å². The fraction of sp³-hybridized carbons (Fsp3) is 0.500. The normalized spacial score (nSPS) is 12.6. The van der Waals surface area contributed by atoms with Gasteiger partial charge in [-0.15, -0.1) is 11.3 Å². The van der Waals surface area contributed by atoms with Crippen LogP contribution in [0.15, 0.2) is 0 Å². The van der Waals surface area contributed by atoms with Gasteiger partial charge in [-0.2, -0.15) is 13.2 Å². The molecule has 0 atom stereocenters. The van der Waals surface area contributed by atoms with E-state index in [1.807, 2.05) is 13.8 Å². The molecule has 0 radical (unpaired) electrons. The zero-order valence-electron chi connectivity index (χ0n) is 11.4. The van der Waals surface area contributed by atoms with Crippen LogP contribution >= 0.6 is 11.3 Å². The summed E-state index contributed by atoms with van der Waals surface area (Å²) >= 11 is 1.48. The highest BCUT2D eigenvalue weighted by atomic mass is 32.1. The van der Waals surface area contributed by atoms with Gasteiger partial charge in [0.2, 0.25) is 0 Å². The first-order valence-corrected chi connectivity index (χ1v) is 6.76.